The molecule has 0 fully saturated rings. The maximum atomic E-state index is 11.6. The molecule has 2 N–H and O–H groups in total. The Labute approximate surface area is 178 Å². The average Bonchev–Trinajstić information content (AvgIpc) is 3.23. The lowest BCUT2D eigenvalue weighted by molar-refractivity contribution is -0.116. The van der Waals surface area contributed by atoms with Crippen LogP contribution in [0.2, 0.25) is 0 Å². The lowest BCUT2D eigenvalue weighted by Gasteiger charge is -2.25. The van der Waals surface area contributed by atoms with Gasteiger partial charge in [0.15, 0.2) is 0 Å². The quantitative estimate of drug-likeness (QED) is 0.522. The van der Waals surface area contributed by atoms with Crippen LogP contribution in [0.3, 0.4) is 0 Å². The Kier molecular flexibility index (Phi) is 4.12. The maximum Gasteiger partial charge on any atom is 0.225 e. The second kappa shape index (κ2) is 7.12. The number of nitrogens with zero attached hydrogens (tertiary/aromatic N) is 2. The van der Waals surface area contributed by atoms with Crippen molar-refractivity contribution in [3.63, 3.8) is 0 Å². The van der Waals surface area contributed by atoms with Crippen molar-refractivity contribution in [3.05, 3.63) is 71.7 Å². The Morgan fingerprint density at radius 1 is 1.10 bits per heavy atom. The predicted molar refractivity (Wildman–Crippen MR) is 116 cm³/mol. The molecule has 154 valence electrons. The van der Waals surface area contributed by atoms with Gasteiger partial charge in [0, 0.05) is 18.2 Å². The van der Waals surface area contributed by atoms with Crippen LogP contribution in [0.5, 0.6) is 17.2 Å². The Balaban J connectivity index is 1.27. The van der Waals surface area contributed by atoms with Crippen molar-refractivity contribution < 1.29 is 14.3 Å². The number of carbonyl (C=O) groups is 1. The first kappa shape index (κ1) is 17.9. The summed E-state index contributed by atoms with van der Waals surface area (Å²) in [5, 5.41) is 2.81. The highest BCUT2D eigenvalue weighted by Gasteiger charge is 2.25. The van der Waals surface area contributed by atoms with E-state index in [0.717, 1.165) is 51.7 Å². The Bertz CT molecular complexity index is 1280. The topological polar surface area (TPSA) is 89.1 Å². The number of ether oxygens (including phenoxy) is 2. The molecule has 7 heteroatoms. The van der Waals surface area contributed by atoms with Crippen molar-refractivity contribution in [2.45, 2.75) is 25.2 Å². The highest BCUT2D eigenvalue weighted by molar-refractivity contribution is 5.93. The fourth-order valence-corrected chi connectivity index (χ4v) is 4.26. The zero-order valence-electron chi connectivity index (χ0n) is 16.7. The van der Waals surface area contributed by atoms with Gasteiger partial charge in [-0.05, 0) is 54.8 Å². The SMILES string of the molecule is O=C1CCc2c(Oc3ccc4c(c3)CC(c3nc5ccccc5[nH]3)CO4)ccnc2N1. The fourth-order valence-electron chi connectivity index (χ4n) is 4.26. The average molecular weight is 412 g/mol. The highest BCUT2D eigenvalue weighted by atomic mass is 16.5. The van der Waals surface area contributed by atoms with Gasteiger partial charge in [0.1, 0.15) is 28.9 Å². The molecule has 2 aromatic carbocycles. The third-order valence-electron chi connectivity index (χ3n) is 5.83. The first-order valence-corrected chi connectivity index (χ1v) is 10.4. The number of benzene rings is 2. The molecule has 1 atom stereocenters. The number of carbonyl (C=O) groups excluding carboxylic acids is 1. The summed E-state index contributed by atoms with van der Waals surface area (Å²) in [7, 11) is 0. The van der Waals surface area contributed by atoms with Gasteiger partial charge < -0.3 is 19.8 Å². The predicted octanol–water partition coefficient (Wildman–Crippen LogP) is 4.35. The van der Waals surface area contributed by atoms with Crippen LogP contribution < -0.4 is 14.8 Å². The van der Waals surface area contributed by atoms with Gasteiger partial charge in [0.2, 0.25) is 5.91 Å². The minimum Gasteiger partial charge on any atom is -0.493 e. The summed E-state index contributed by atoms with van der Waals surface area (Å²) in [6.45, 7) is 0.588. The third kappa shape index (κ3) is 3.28. The summed E-state index contributed by atoms with van der Waals surface area (Å²) >= 11 is 0. The van der Waals surface area contributed by atoms with Gasteiger partial charge in [-0.2, -0.15) is 0 Å². The Morgan fingerprint density at radius 2 is 2.03 bits per heavy atom. The monoisotopic (exact) mass is 412 g/mol. The molecule has 0 saturated carbocycles. The number of aromatic amines is 1. The van der Waals surface area contributed by atoms with E-state index in [1.165, 1.54) is 0 Å². The number of hydrogen-bond acceptors (Lipinski definition) is 5. The zero-order valence-corrected chi connectivity index (χ0v) is 16.7. The number of nitrogens with one attached hydrogen (secondary N) is 2. The number of anilines is 1. The smallest absolute Gasteiger partial charge is 0.225 e. The molecule has 1 unspecified atom stereocenters. The van der Waals surface area contributed by atoms with E-state index in [1.54, 1.807) is 6.20 Å². The standard InChI is InChI=1S/C24H20N4O3/c29-22-8-6-17-21(9-10-25-24(17)28-22)31-16-5-7-20-14(12-16)11-15(13-30-20)23-26-18-3-1-2-4-19(18)27-23/h1-5,7,9-10,12,15H,6,8,11,13H2,(H,26,27)(H,25,28,29). The van der Waals surface area contributed by atoms with Crippen LogP contribution in [0.15, 0.2) is 54.7 Å². The van der Waals surface area contributed by atoms with E-state index < -0.39 is 0 Å². The molecule has 0 saturated heterocycles. The van der Waals surface area contributed by atoms with Gasteiger partial charge in [-0.1, -0.05) is 12.1 Å². The molecule has 1 amide bonds. The van der Waals surface area contributed by atoms with Crippen LogP contribution in [0, 0.1) is 0 Å². The highest BCUT2D eigenvalue weighted by Crippen LogP contribution is 2.37. The van der Waals surface area contributed by atoms with Crippen LogP contribution in [-0.4, -0.2) is 27.5 Å². The second-order valence-electron chi connectivity index (χ2n) is 7.91. The minimum atomic E-state index is -0.0142. The molecular weight excluding hydrogens is 392 g/mol. The van der Waals surface area contributed by atoms with Gasteiger partial charge in [-0.3, -0.25) is 4.79 Å². The molecule has 6 rings (SSSR count). The number of amides is 1. The molecule has 2 aromatic heterocycles. The molecule has 4 aromatic rings. The summed E-state index contributed by atoms with van der Waals surface area (Å²) in [5.74, 6) is 3.99. The molecule has 0 aliphatic carbocycles. The van der Waals surface area contributed by atoms with Crippen LogP contribution in [0.1, 0.15) is 29.3 Å². The normalized spacial score (nSPS) is 17.4. The summed E-state index contributed by atoms with van der Waals surface area (Å²) in [5.41, 5.74) is 4.02. The molecule has 31 heavy (non-hydrogen) atoms. The number of aromatic nitrogens is 3. The van der Waals surface area contributed by atoms with Gasteiger partial charge >= 0.3 is 0 Å². The largest absolute Gasteiger partial charge is 0.493 e. The van der Waals surface area contributed by atoms with Crippen molar-refractivity contribution in [3.8, 4) is 17.2 Å². The number of rotatable bonds is 3. The Morgan fingerprint density at radius 3 is 2.97 bits per heavy atom. The summed E-state index contributed by atoms with van der Waals surface area (Å²) in [4.78, 5) is 24.1. The van der Waals surface area contributed by atoms with E-state index in [9.17, 15) is 4.79 Å². The molecule has 0 bridgehead atoms. The molecule has 7 nitrogen and oxygen atoms in total. The van der Waals surface area contributed by atoms with E-state index in [2.05, 4.69) is 15.3 Å². The molecule has 0 radical (unpaired) electrons. The van der Waals surface area contributed by atoms with Crippen LogP contribution >= 0.6 is 0 Å². The van der Waals surface area contributed by atoms with Gasteiger partial charge in [-0.15, -0.1) is 0 Å². The van der Waals surface area contributed by atoms with Crippen LogP contribution in [0.25, 0.3) is 11.0 Å². The number of pyridine rings is 1. The van der Waals surface area contributed by atoms with Crippen LogP contribution in [-0.2, 0) is 17.6 Å². The third-order valence-corrected chi connectivity index (χ3v) is 5.83. The van der Waals surface area contributed by atoms with E-state index in [-0.39, 0.29) is 11.8 Å². The van der Waals surface area contributed by atoms with E-state index in [4.69, 9.17) is 14.5 Å². The lowest BCUT2D eigenvalue weighted by atomic mass is 9.96. The van der Waals surface area contributed by atoms with Gasteiger partial charge in [0.25, 0.3) is 0 Å². The van der Waals surface area contributed by atoms with Crippen molar-refractivity contribution in [1.82, 2.24) is 15.0 Å². The summed E-state index contributed by atoms with van der Waals surface area (Å²) in [6, 6.07) is 15.8. The van der Waals surface area contributed by atoms with E-state index >= 15 is 0 Å². The number of fused-ring (bicyclic) bond motifs is 3. The first-order chi connectivity index (χ1) is 15.2. The van der Waals surface area contributed by atoms with Gasteiger partial charge in [0.05, 0.1) is 23.6 Å². The van der Waals surface area contributed by atoms with Crippen molar-refractivity contribution in [1.29, 1.82) is 0 Å². The molecule has 0 spiro atoms. The molecule has 4 heterocycles. The van der Waals surface area contributed by atoms with E-state index in [0.29, 0.717) is 25.3 Å². The number of hydrogen-bond donors (Lipinski definition) is 2. The van der Waals surface area contributed by atoms with Crippen molar-refractivity contribution in [2.24, 2.45) is 0 Å². The number of H-pyrrole nitrogens is 1. The zero-order chi connectivity index (χ0) is 20.8. The van der Waals surface area contributed by atoms with Crippen molar-refractivity contribution in [2.75, 3.05) is 11.9 Å². The molecule has 2 aliphatic rings. The van der Waals surface area contributed by atoms with E-state index in [1.807, 2.05) is 48.5 Å². The lowest BCUT2D eigenvalue weighted by Crippen LogP contribution is -2.20. The maximum absolute atomic E-state index is 11.6. The Hall–Kier alpha value is -3.87. The fraction of sp³-hybridized carbons (Fsp3) is 0.208. The number of imidazole rings is 1. The molecule has 2 aliphatic heterocycles. The van der Waals surface area contributed by atoms with Crippen LogP contribution in [0.4, 0.5) is 5.82 Å². The summed E-state index contributed by atoms with van der Waals surface area (Å²) < 4.78 is 12.2. The second-order valence-corrected chi connectivity index (χ2v) is 7.91. The first-order valence-electron chi connectivity index (χ1n) is 10.4. The summed E-state index contributed by atoms with van der Waals surface area (Å²) in [6.07, 6.45) is 3.52. The van der Waals surface area contributed by atoms with Crippen molar-refractivity contribution >= 4 is 22.8 Å². The van der Waals surface area contributed by atoms with Gasteiger partial charge in [-0.25, -0.2) is 9.97 Å². The minimum absolute atomic E-state index is 0.0142. The number of para-hydroxylation sites is 2. The molecular formula is C24H20N4O3.